The van der Waals surface area contributed by atoms with Gasteiger partial charge in [0.15, 0.2) is 0 Å². The maximum atomic E-state index is 13.3. The Hall–Kier alpha value is -4.94. The summed E-state index contributed by atoms with van der Waals surface area (Å²) in [6, 6.07) is 14.0. The molecule has 8 rings (SSSR count). The molecule has 0 saturated carbocycles. The summed E-state index contributed by atoms with van der Waals surface area (Å²) in [5, 5.41) is 15.4. The van der Waals surface area contributed by atoms with Crippen molar-refractivity contribution in [1.82, 2.24) is 29.9 Å². The number of hydrogen-bond donors (Lipinski definition) is 0. The summed E-state index contributed by atoms with van der Waals surface area (Å²) in [6.45, 7) is 4.83. The van der Waals surface area contributed by atoms with Crippen molar-refractivity contribution in [2.24, 2.45) is 0 Å². The fourth-order valence-corrected chi connectivity index (χ4v) is 8.67. The highest BCUT2D eigenvalue weighted by atomic mass is 35.5. The predicted molar refractivity (Wildman–Crippen MR) is 190 cm³/mol. The van der Waals surface area contributed by atoms with Gasteiger partial charge in [-0.25, -0.2) is 0 Å². The van der Waals surface area contributed by atoms with Crippen LogP contribution in [0.4, 0.5) is 24.7 Å². The highest BCUT2D eigenvalue weighted by Crippen LogP contribution is 2.40. The number of amides is 1. The summed E-state index contributed by atoms with van der Waals surface area (Å²) in [4.78, 5) is 35.1. The maximum Gasteiger partial charge on any atom is 0.455 e. The SMILES string of the molecule is N#CC[C@H]1CN(c2nc(OCC34CCCN3CCC4)nc3c2CCN(c2cccc4cccc(Cl)c24)C3)CCN1C(=O)/C=C/c1nc(C(F)(F)F)no1. The molecule has 0 aliphatic carbocycles. The first kappa shape index (κ1) is 35.1. The van der Waals surface area contributed by atoms with Crippen LogP contribution in [0.25, 0.3) is 16.8 Å². The molecule has 2 aromatic heterocycles. The second-order valence-electron chi connectivity index (χ2n) is 14.0. The number of carbonyl (C=O) groups is 1. The van der Waals surface area contributed by atoms with Crippen LogP contribution in [-0.4, -0.2) is 93.3 Å². The van der Waals surface area contributed by atoms with Gasteiger partial charge in [0.2, 0.25) is 5.91 Å². The van der Waals surface area contributed by atoms with E-state index in [1.165, 1.54) is 0 Å². The molecule has 0 unspecified atom stereocenters. The highest BCUT2D eigenvalue weighted by Gasteiger charge is 2.45. The third-order valence-electron chi connectivity index (χ3n) is 10.9. The molecule has 1 amide bonds. The lowest BCUT2D eigenvalue weighted by molar-refractivity contribution is -0.146. The van der Waals surface area contributed by atoms with Crippen molar-refractivity contribution in [3.8, 4) is 12.1 Å². The number of rotatable bonds is 8. The van der Waals surface area contributed by atoms with Gasteiger partial charge in [-0.05, 0) is 62.7 Å². The van der Waals surface area contributed by atoms with Gasteiger partial charge in [-0.3, -0.25) is 9.69 Å². The standard InChI is InChI=1S/C37H37ClF3N9O3/c38-27-7-1-5-24-6-2-8-29(32(24)27)47-18-12-26-28(22-47)43-35(52-23-36-13-3-16-49(36)17-4-14-36)45-33(26)48-19-20-50(25(21-48)11-15-42)31(51)10-9-30-44-34(46-53-30)37(39,40)41/h1-2,5-10,25H,3-4,11-14,16-23H2/b10-9+/t25-/m0/s1. The third kappa shape index (κ3) is 6.86. The van der Waals surface area contributed by atoms with E-state index in [9.17, 15) is 23.2 Å². The minimum absolute atomic E-state index is 0.00188. The Balaban J connectivity index is 1.07. The lowest BCUT2D eigenvalue weighted by Gasteiger charge is -2.42. The number of aromatic nitrogens is 4. The molecular weight excluding hydrogens is 711 g/mol. The Labute approximate surface area is 308 Å². The molecule has 16 heteroatoms. The fourth-order valence-electron chi connectivity index (χ4n) is 8.39. The molecule has 6 heterocycles. The van der Waals surface area contributed by atoms with Gasteiger partial charge < -0.3 is 24.0 Å². The highest BCUT2D eigenvalue weighted by molar-refractivity contribution is 6.36. The quantitative estimate of drug-likeness (QED) is 0.200. The van der Waals surface area contributed by atoms with Crippen molar-refractivity contribution < 1.29 is 27.2 Å². The van der Waals surface area contributed by atoms with Crippen LogP contribution >= 0.6 is 11.6 Å². The van der Waals surface area contributed by atoms with E-state index in [1.54, 1.807) is 4.90 Å². The van der Waals surface area contributed by atoms with Gasteiger partial charge in [-0.15, -0.1) is 0 Å². The molecule has 0 N–H and O–H groups in total. The topological polar surface area (TPSA) is 128 Å². The first-order chi connectivity index (χ1) is 25.6. The van der Waals surface area contributed by atoms with Crippen LogP contribution in [-0.2, 0) is 23.9 Å². The maximum absolute atomic E-state index is 13.3. The number of ether oxygens (including phenoxy) is 1. The first-order valence-electron chi connectivity index (χ1n) is 17.8. The van der Waals surface area contributed by atoms with E-state index >= 15 is 0 Å². The van der Waals surface area contributed by atoms with Crippen LogP contribution in [0, 0.1) is 11.3 Å². The predicted octanol–water partition coefficient (Wildman–Crippen LogP) is 5.90. The summed E-state index contributed by atoms with van der Waals surface area (Å²) in [5.41, 5.74) is 2.87. The number of piperazine rings is 1. The van der Waals surface area contributed by atoms with Crippen molar-refractivity contribution in [1.29, 1.82) is 5.26 Å². The molecule has 276 valence electrons. The molecule has 4 aliphatic heterocycles. The van der Waals surface area contributed by atoms with E-state index in [0.29, 0.717) is 50.2 Å². The second kappa shape index (κ2) is 14.1. The fraction of sp³-hybridized carbons (Fsp3) is 0.459. The Morgan fingerprint density at radius 2 is 1.85 bits per heavy atom. The summed E-state index contributed by atoms with van der Waals surface area (Å²) in [5.74, 6) is -1.63. The van der Waals surface area contributed by atoms with Crippen molar-refractivity contribution in [2.45, 2.75) is 62.8 Å². The monoisotopic (exact) mass is 747 g/mol. The number of nitrogens with zero attached hydrogens (tertiary/aromatic N) is 9. The third-order valence-corrected chi connectivity index (χ3v) is 11.2. The Morgan fingerprint density at radius 3 is 2.60 bits per heavy atom. The lowest BCUT2D eigenvalue weighted by atomic mass is 9.95. The molecule has 4 aromatic rings. The number of benzene rings is 2. The molecule has 12 nitrogen and oxygen atoms in total. The van der Waals surface area contributed by atoms with Gasteiger partial charge in [0.25, 0.3) is 11.7 Å². The molecule has 1 atom stereocenters. The van der Waals surface area contributed by atoms with Gasteiger partial charge in [0.05, 0.1) is 41.3 Å². The molecule has 2 aromatic carbocycles. The summed E-state index contributed by atoms with van der Waals surface area (Å²) < 4.78 is 49.9. The van der Waals surface area contributed by atoms with Gasteiger partial charge in [-0.2, -0.15) is 33.4 Å². The van der Waals surface area contributed by atoms with E-state index in [2.05, 4.69) is 53.6 Å². The van der Waals surface area contributed by atoms with Crippen LogP contribution in [0.1, 0.15) is 55.1 Å². The van der Waals surface area contributed by atoms with Gasteiger partial charge in [0.1, 0.15) is 12.4 Å². The Kier molecular flexibility index (Phi) is 9.36. The zero-order valence-electron chi connectivity index (χ0n) is 28.9. The zero-order valence-corrected chi connectivity index (χ0v) is 29.6. The van der Waals surface area contributed by atoms with Crippen LogP contribution in [0.15, 0.2) is 47.0 Å². The number of hydrogen-bond acceptors (Lipinski definition) is 11. The van der Waals surface area contributed by atoms with Gasteiger partial charge in [0, 0.05) is 55.0 Å². The minimum Gasteiger partial charge on any atom is -0.461 e. The average Bonchev–Trinajstić information content (AvgIpc) is 3.89. The Morgan fingerprint density at radius 1 is 1.06 bits per heavy atom. The van der Waals surface area contributed by atoms with E-state index in [-0.39, 0.29) is 18.5 Å². The molecule has 53 heavy (non-hydrogen) atoms. The van der Waals surface area contributed by atoms with Crippen LogP contribution in [0.5, 0.6) is 6.01 Å². The largest absolute Gasteiger partial charge is 0.461 e. The van der Waals surface area contributed by atoms with Gasteiger partial charge >= 0.3 is 12.2 Å². The molecule has 0 radical (unpaired) electrons. The Bertz CT molecular complexity index is 2090. The van der Waals surface area contributed by atoms with Crippen LogP contribution in [0.2, 0.25) is 5.02 Å². The molecule has 3 fully saturated rings. The molecule has 3 saturated heterocycles. The molecule has 0 spiro atoms. The molecular formula is C37H37ClF3N9O3. The molecule has 0 bridgehead atoms. The number of nitriles is 1. The van der Waals surface area contributed by atoms with Crippen molar-refractivity contribution in [3.05, 3.63) is 70.5 Å². The number of anilines is 2. The van der Waals surface area contributed by atoms with Crippen molar-refractivity contribution >= 4 is 45.9 Å². The first-order valence-corrected chi connectivity index (χ1v) is 18.2. The lowest BCUT2D eigenvalue weighted by Crippen LogP contribution is -2.55. The number of alkyl halides is 3. The summed E-state index contributed by atoms with van der Waals surface area (Å²) in [6.07, 6.45) is 2.51. The van der Waals surface area contributed by atoms with Crippen LogP contribution < -0.4 is 14.5 Å². The average molecular weight is 748 g/mol. The van der Waals surface area contributed by atoms with E-state index in [0.717, 1.165) is 84.5 Å². The van der Waals surface area contributed by atoms with E-state index in [1.807, 2.05) is 18.2 Å². The van der Waals surface area contributed by atoms with Crippen molar-refractivity contribution in [2.75, 3.05) is 55.7 Å². The van der Waals surface area contributed by atoms with Crippen molar-refractivity contribution in [3.63, 3.8) is 0 Å². The smallest absolute Gasteiger partial charge is 0.455 e. The zero-order chi connectivity index (χ0) is 36.7. The van der Waals surface area contributed by atoms with Gasteiger partial charge in [-0.1, -0.05) is 41.0 Å². The molecule has 4 aliphatic rings. The number of fused-ring (bicyclic) bond motifs is 3. The number of halogens is 4. The normalized spacial score (nSPS) is 20.2. The minimum atomic E-state index is -4.77. The second-order valence-corrected chi connectivity index (χ2v) is 14.4. The summed E-state index contributed by atoms with van der Waals surface area (Å²) >= 11 is 6.73. The van der Waals surface area contributed by atoms with E-state index < -0.39 is 29.8 Å². The summed E-state index contributed by atoms with van der Waals surface area (Å²) in [7, 11) is 0. The number of carbonyl (C=O) groups excluding carboxylic acids is 1. The van der Waals surface area contributed by atoms with Crippen LogP contribution in [0.3, 0.4) is 0 Å². The van der Waals surface area contributed by atoms with E-state index in [4.69, 9.17) is 26.3 Å².